The van der Waals surface area contributed by atoms with E-state index in [4.69, 9.17) is 10.5 Å². The Balaban J connectivity index is 1.82. The molecule has 2 atom stereocenters. The van der Waals surface area contributed by atoms with Gasteiger partial charge in [-0.15, -0.1) is 0 Å². The molecule has 0 radical (unpaired) electrons. The number of carbonyl (C=O) groups is 1. The second kappa shape index (κ2) is 4.61. The minimum atomic E-state index is -0.145. The quantitative estimate of drug-likeness (QED) is 0.850. The fourth-order valence-corrected chi connectivity index (χ4v) is 2.94. The number of nitrogens with zero attached hydrogens (tertiary/aromatic N) is 1. The second-order valence-electron chi connectivity index (χ2n) is 4.96. The van der Waals surface area contributed by atoms with Crippen molar-refractivity contribution in [1.29, 1.82) is 0 Å². The van der Waals surface area contributed by atoms with E-state index in [9.17, 15) is 4.79 Å². The summed E-state index contributed by atoms with van der Waals surface area (Å²) in [7, 11) is 0. The number of carbonyl (C=O) groups excluding carboxylic acids is 1. The zero-order valence-electron chi connectivity index (χ0n) is 10.3. The normalized spacial score (nSPS) is 25.9. The van der Waals surface area contributed by atoms with Gasteiger partial charge < -0.3 is 15.4 Å². The highest BCUT2D eigenvalue weighted by molar-refractivity contribution is 5.86. The van der Waals surface area contributed by atoms with Crippen LogP contribution in [-0.4, -0.2) is 36.5 Å². The van der Waals surface area contributed by atoms with Crippen LogP contribution in [0.5, 0.6) is 5.75 Å². The lowest BCUT2D eigenvalue weighted by Crippen LogP contribution is -2.42. The molecule has 0 spiro atoms. The first kappa shape index (κ1) is 11.5. The number of ether oxygens (including phenoxy) is 1. The summed E-state index contributed by atoms with van der Waals surface area (Å²) in [6.45, 7) is 1.85. The van der Waals surface area contributed by atoms with E-state index < -0.39 is 0 Å². The summed E-state index contributed by atoms with van der Waals surface area (Å²) in [6, 6.07) is 8.01. The third-order valence-corrected chi connectivity index (χ3v) is 3.93. The minimum absolute atomic E-state index is 0.145. The van der Waals surface area contributed by atoms with Gasteiger partial charge in [0.25, 0.3) is 0 Å². The van der Waals surface area contributed by atoms with E-state index in [2.05, 4.69) is 0 Å². The largest absolute Gasteiger partial charge is 0.492 e. The van der Waals surface area contributed by atoms with Gasteiger partial charge in [0.15, 0.2) is 0 Å². The molecule has 2 heterocycles. The molecule has 4 nitrogen and oxygen atoms in total. The SMILES string of the molecule is NCC1CCCN1C(=O)C1COc2ccccc21. The monoisotopic (exact) mass is 246 g/mol. The summed E-state index contributed by atoms with van der Waals surface area (Å²) in [6.07, 6.45) is 2.08. The first-order valence-electron chi connectivity index (χ1n) is 6.53. The highest BCUT2D eigenvalue weighted by Crippen LogP contribution is 2.35. The van der Waals surface area contributed by atoms with E-state index in [1.165, 1.54) is 0 Å². The van der Waals surface area contributed by atoms with Crippen molar-refractivity contribution in [2.45, 2.75) is 24.8 Å². The summed E-state index contributed by atoms with van der Waals surface area (Å²) in [5.41, 5.74) is 6.75. The lowest BCUT2D eigenvalue weighted by molar-refractivity contribution is -0.133. The van der Waals surface area contributed by atoms with Crippen LogP contribution in [0.15, 0.2) is 24.3 Å². The summed E-state index contributed by atoms with van der Waals surface area (Å²) in [4.78, 5) is 14.5. The average molecular weight is 246 g/mol. The van der Waals surface area contributed by atoms with Crippen LogP contribution >= 0.6 is 0 Å². The zero-order valence-corrected chi connectivity index (χ0v) is 10.3. The maximum Gasteiger partial charge on any atom is 0.234 e. The Morgan fingerprint density at radius 1 is 1.44 bits per heavy atom. The molecule has 0 bridgehead atoms. The Morgan fingerprint density at radius 3 is 3.11 bits per heavy atom. The summed E-state index contributed by atoms with van der Waals surface area (Å²) in [5, 5.41) is 0. The second-order valence-corrected chi connectivity index (χ2v) is 4.96. The van der Waals surface area contributed by atoms with E-state index >= 15 is 0 Å². The standard InChI is InChI=1S/C14H18N2O2/c15-8-10-4-3-7-16(10)14(17)12-9-18-13-6-2-1-5-11(12)13/h1-2,5-6,10,12H,3-4,7-9,15H2. The molecule has 1 amide bonds. The number of nitrogens with two attached hydrogens (primary N) is 1. The van der Waals surface area contributed by atoms with Gasteiger partial charge in [0.2, 0.25) is 5.91 Å². The fourth-order valence-electron chi connectivity index (χ4n) is 2.94. The van der Waals surface area contributed by atoms with Crippen molar-refractivity contribution in [2.75, 3.05) is 19.7 Å². The number of hydrogen-bond acceptors (Lipinski definition) is 3. The van der Waals surface area contributed by atoms with Gasteiger partial charge in [0, 0.05) is 24.7 Å². The average Bonchev–Trinajstić information content (AvgIpc) is 3.04. The van der Waals surface area contributed by atoms with Crippen LogP contribution in [0.25, 0.3) is 0 Å². The molecular weight excluding hydrogens is 228 g/mol. The number of hydrogen-bond donors (Lipinski definition) is 1. The molecule has 2 aliphatic heterocycles. The third-order valence-electron chi connectivity index (χ3n) is 3.93. The number of para-hydroxylation sites is 1. The van der Waals surface area contributed by atoms with Crippen LogP contribution in [-0.2, 0) is 4.79 Å². The van der Waals surface area contributed by atoms with Crippen molar-refractivity contribution in [3.05, 3.63) is 29.8 Å². The highest BCUT2D eigenvalue weighted by atomic mass is 16.5. The van der Waals surface area contributed by atoms with Gasteiger partial charge in [-0.1, -0.05) is 18.2 Å². The number of fused-ring (bicyclic) bond motifs is 1. The molecule has 1 saturated heterocycles. The predicted octanol–water partition coefficient (Wildman–Crippen LogP) is 1.11. The van der Waals surface area contributed by atoms with Crippen LogP contribution in [0.4, 0.5) is 0 Å². The van der Waals surface area contributed by atoms with Gasteiger partial charge in [-0.05, 0) is 18.9 Å². The van der Waals surface area contributed by atoms with E-state index in [1.807, 2.05) is 29.2 Å². The van der Waals surface area contributed by atoms with Crippen LogP contribution in [0, 0.1) is 0 Å². The third kappa shape index (κ3) is 1.77. The molecule has 18 heavy (non-hydrogen) atoms. The Labute approximate surface area is 107 Å². The molecule has 2 aliphatic rings. The lowest BCUT2D eigenvalue weighted by Gasteiger charge is -2.26. The van der Waals surface area contributed by atoms with Crippen molar-refractivity contribution in [1.82, 2.24) is 4.90 Å². The van der Waals surface area contributed by atoms with E-state index in [-0.39, 0.29) is 17.9 Å². The van der Waals surface area contributed by atoms with E-state index in [1.54, 1.807) is 0 Å². The summed E-state index contributed by atoms with van der Waals surface area (Å²) in [5.74, 6) is 0.876. The minimum Gasteiger partial charge on any atom is -0.492 e. The van der Waals surface area contributed by atoms with Crippen LogP contribution in [0.3, 0.4) is 0 Å². The molecule has 0 aromatic heterocycles. The zero-order chi connectivity index (χ0) is 12.5. The number of rotatable bonds is 2. The van der Waals surface area contributed by atoms with Gasteiger partial charge in [0.1, 0.15) is 18.3 Å². The Hall–Kier alpha value is -1.55. The molecule has 0 saturated carbocycles. The number of likely N-dealkylation sites (tertiary alicyclic amines) is 1. The molecule has 1 fully saturated rings. The highest BCUT2D eigenvalue weighted by Gasteiger charge is 2.37. The maximum absolute atomic E-state index is 12.6. The molecule has 1 aromatic rings. The van der Waals surface area contributed by atoms with Gasteiger partial charge in [-0.25, -0.2) is 0 Å². The Kier molecular flexibility index (Phi) is 2.96. The Bertz CT molecular complexity index is 461. The summed E-state index contributed by atoms with van der Waals surface area (Å²) >= 11 is 0. The van der Waals surface area contributed by atoms with Gasteiger partial charge in [-0.3, -0.25) is 4.79 Å². The van der Waals surface area contributed by atoms with Crippen molar-refractivity contribution < 1.29 is 9.53 Å². The first-order valence-corrected chi connectivity index (χ1v) is 6.53. The topological polar surface area (TPSA) is 55.6 Å². The fraction of sp³-hybridized carbons (Fsp3) is 0.500. The van der Waals surface area contributed by atoms with Crippen LogP contribution < -0.4 is 10.5 Å². The molecule has 2 unspecified atom stereocenters. The van der Waals surface area contributed by atoms with Gasteiger partial charge in [0.05, 0.1) is 0 Å². The lowest BCUT2D eigenvalue weighted by atomic mass is 9.99. The van der Waals surface area contributed by atoms with E-state index in [0.717, 1.165) is 30.7 Å². The molecule has 3 rings (SSSR count). The Morgan fingerprint density at radius 2 is 2.28 bits per heavy atom. The predicted molar refractivity (Wildman–Crippen MR) is 68.5 cm³/mol. The van der Waals surface area contributed by atoms with Crippen molar-refractivity contribution in [2.24, 2.45) is 5.73 Å². The molecule has 2 N–H and O–H groups in total. The van der Waals surface area contributed by atoms with E-state index in [0.29, 0.717) is 13.2 Å². The number of benzene rings is 1. The molecule has 0 aliphatic carbocycles. The summed E-state index contributed by atoms with van der Waals surface area (Å²) < 4.78 is 5.58. The van der Waals surface area contributed by atoms with Crippen molar-refractivity contribution in [3.63, 3.8) is 0 Å². The van der Waals surface area contributed by atoms with Crippen molar-refractivity contribution in [3.8, 4) is 5.75 Å². The van der Waals surface area contributed by atoms with Gasteiger partial charge in [-0.2, -0.15) is 0 Å². The van der Waals surface area contributed by atoms with Crippen molar-refractivity contribution >= 4 is 5.91 Å². The van der Waals surface area contributed by atoms with Gasteiger partial charge >= 0.3 is 0 Å². The number of amides is 1. The molecule has 4 heteroatoms. The maximum atomic E-state index is 12.6. The van der Waals surface area contributed by atoms with Crippen LogP contribution in [0.1, 0.15) is 24.3 Å². The molecular formula is C14H18N2O2. The molecule has 1 aromatic carbocycles. The smallest absolute Gasteiger partial charge is 0.234 e. The first-order chi connectivity index (χ1) is 8.81. The molecule has 96 valence electrons. The van der Waals surface area contributed by atoms with Crippen LogP contribution in [0.2, 0.25) is 0 Å².